The maximum absolute atomic E-state index is 14.8. The normalized spacial score (nSPS) is 20.8. The van der Waals surface area contributed by atoms with E-state index >= 15 is 0 Å². The molecule has 0 bridgehead atoms. The minimum Gasteiger partial charge on any atom is -1.00 e. The van der Waals surface area contributed by atoms with Gasteiger partial charge in [0, 0.05) is 180 Å². The zero-order valence-electron chi connectivity index (χ0n) is 84.6. The molecule has 14 rings (SSSR count). The number of hydrogen-bond acceptors (Lipinski definition) is 19. The van der Waals surface area contributed by atoms with Crippen LogP contribution in [0, 0.1) is 35.7 Å². The Bertz CT molecular complexity index is 4940. The van der Waals surface area contributed by atoms with Crippen molar-refractivity contribution < 1.29 is 161 Å². The van der Waals surface area contributed by atoms with Gasteiger partial charge < -0.3 is 94.2 Å². The summed E-state index contributed by atoms with van der Waals surface area (Å²) in [6.07, 6.45) is 0.628. The van der Waals surface area contributed by atoms with E-state index in [1.165, 1.54) is 83.0 Å². The van der Waals surface area contributed by atoms with Crippen LogP contribution in [0.3, 0.4) is 0 Å². The Morgan fingerprint density at radius 2 is 0.923 bits per heavy atom. The van der Waals surface area contributed by atoms with Gasteiger partial charge >= 0.3 is 104 Å². The van der Waals surface area contributed by atoms with Crippen LogP contribution >= 0.6 is 111 Å². The van der Waals surface area contributed by atoms with Crippen molar-refractivity contribution in [3.63, 3.8) is 0 Å². The second-order valence-electron chi connectivity index (χ2n) is 39.8. The van der Waals surface area contributed by atoms with Crippen molar-refractivity contribution in [2.75, 3.05) is 91.8 Å². The van der Waals surface area contributed by atoms with Crippen molar-refractivity contribution in [1.82, 2.24) is 29.8 Å². The number of hydrogen-bond donors (Lipinski definition) is 2. The van der Waals surface area contributed by atoms with Crippen molar-refractivity contribution in [1.29, 1.82) is 5.26 Å². The van der Waals surface area contributed by atoms with Crippen LogP contribution in [0.2, 0.25) is 44.8 Å². The minimum atomic E-state index is -1.75. The van der Waals surface area contributed by atoms with Gasteiger partial charge in [-0.1, -0.05) is 86.1 Å². The number of rotatable bonds is 5. The molecule has 9 aliphatic heterocycles. The number of likely N-dealkylation sites (tertiary alicyclic amines) is 4. The molecule has 0 aliphatic carbocycles. The largest absolute Gasteiger partial charge is 2.00 e. The third-order valence-corrected chi connectivity index (χ3v) is 23.5. The molecule has 9 aliphatic rings. The molecule has 2 spiro atoms. The average molecular weight is 2650 g/mol. The van der Waals surface area contributed by atoms with Crippen molar-refractivity contribution >= 4 is 185 Å². The molecular weight excluding hydrogens is 2510 g/mol. The van der Waals surface area contributed by atoms with E-state index in [2.05, 4.69) is 85.0 Å². The molecule has 0 aromatic heterocycles. The standard InChI is InChI=1S/C17H22ClF2NO3.C17H21ClFNO3.C13H25NO3Si.C12H13ClFNO.C10H16FNO3.C10H17NO3.C7H5BrClF.C7H5ClF.C4H8O.C2H3N.BrH.I3.Mg.V/c1-16(2,3)24-15(22)21-7-6-17(23,14(20)10-21)9-11-8-12(18)4-5-13(11)19;1-16(2,3)23-15(21)20-7-6-17(14(19)10-20)9-11-8-12(18)4-5-13(11)22-17;1-13(2,3)16-12(15)14-9-7-11(8-10-14)17-18(4,5)6;13-9-1-2-10-8(5-9)6-12(16-10)3-4-15-7-11(12)14;1-10(2,3)15-9(14)12-5-4-8(13)7(11)6-12;1-10(2,3)14-9(13)11-6-4-8(12)5-7-11;8-4-5-3-6(9)1-2-7(5)10;1-5-4-6(8)2-3-7(5)9;1-2-4-5-3-1;1-2-3;;1-3-2;;/h4-5,8,14,23H,6-7,9-10H2,1-3H3;4-5,8,14H,6-7,9-10H2,1-3H3;7H,8-10H2,1-6H3;1-2,5,11,15H,3-4,6-7H2;7H,4-6H2,1-3H3;4-7H2,1-3H3;1-3H,4H2;2-4H,1H2;1-4H2;1H3;1H;;;/q;;;;;;;-1;;;;-1;+2;/p-1. The second kappa shape index (κ2) is 64.0. The number of nitrogens with one attached hydrogen (secondary N) is 1. The topological polar surface area (TPSA) is 275 Å². The number of benzene rings is 5. The summed E-state index contributed by atoms with van der Waals surface area (Å²) in [5, 5.41) is 24.1. The number of halogens is 17. The minimum absolute atomic E-state index is 0. The Kier molecular flexibility index (Phi) is 61.2. The predicted molar refractivity (Wildman–Crippen MR) is 558 cm³/mol. The quantitative estimate of drug-likeness (QED) is 0.0413. The maximum atomic E-state index is 14.8. The smallest absolute Gasteiger partial charge is 1.00 e. The number of nitriles is 1. The van der Waals surface area contributed by atoms with E-state index in [0.29, 0.717) is 138 Å². The Hall–Kier alpha value is -4.15. The van der Waals surface area contributed by atoms with Gasteiger partial charge in [-0.25, -0.2) is 50.3 Å². The molecule has 6 fully saturated rings. The van der Waals surface area contributed by atoms with Gasteiger partial charge in [0.15, 0.2) is 24.3 Å². The fourth-order valence-corrected chi connectivity index (χ4v) is 16.5. The van der Waals surface area contributed by atoms with Crippen molar-refractivity contribution in [3.8, 4) is 17.6 Å². The average Bonchev–Trinajstić information content (AvgIpc) is 1.58. The zero-order valence-corrected chi connectivity index (χ0v) is 102. The van der Waals surface area contributed by atoms with E-state index in [9.17, 15) is 69.4 Å². The molecule has 9 heterocycles. The number of amides is 5. The summed E-state index contributed by atoms with van der Waals surface area (Å²) in [6.45, 7) is 44.0. The van der Waals surface area contributed by atoms with Crippen molar-refractivity contribution in [2.24, 2.45) is 0 Å². The Morgan fingerprint density at radius 3 is 1.29 bits per heavy atom. The van der Waals surface area contributed by atoms with E-state index in [1.807, 2.05) is 65.8 Å². The number of nitrogens with zero attached hydrogens (tertiary/aromatic N) is 6. The van der Waals surface area contributed by atoms with Gasteiger partial charge in [0.2, 0.25) is 8.32 Å². The van der Waals surface area contributed by atoms with Crippen LogP contribution in [-0.2, 0) is 85.6 Å². The summed E-state index contributed by atoms with van der Waals surface area (Å²) in [6, 6.07) is 25.3. The molecule has 1 radical (unpaired) electrons. The summed E-state index contributed by atoms with van der Waals surface area (Å²) in [5.41, 5.74) is -3.03. The second-order valence-corrected chi connectivity index (χ2v) is 63.2. The van der Waals surface area contributed by atoms with Gasteiger partial charge in [0.25, 0.3) is 0 Å². The molecule has 799 valence electrons. The first-order valence-electron chi connectivity index (χ1n) is 45.6. The van der Waals surface area contributed by atoms with Crippen molar-refractivity contribution in [3.05, 3.63) is 180 Å². The maximum Gasteiger partial charge on any atom is 2.00 e. The molecule has 5 aromatic rings. The van der Waals surface area contributed by atoms with Crippen LogP contribution in [0.25, 0.3) is 0 Å². The van der Waals surface area contributed by atoms with Crippen LogP contribution in [-0.4, -0.2) is 264 Å². The predicted octanol–water partition coefficient (Wildman–Crippen LogP) is 19.3. The van der Waals surface area contributed by atoms with Gasteiger partial charge in [-0.15, -0.1) is 6.07 Å². The van der Waals surface area contributed by atoms with E-state index in [0.717, 1.165) is 48.8 Å². The fraction of sp³-hybridized carbons (Fsp3) is 0.586. The third-order valence-electron chi connectivity index (χ3n) is 20.8. The number of carbonyl (C=O) groups is 7. The molecule has 7 atom stereocenters. The number of ether oxygens (including phenoxy) is 8. The Morgan fingerprint density at radius 1 is 0.552 bits per heavy atom. The molecule has 6 saturated heterocycles. The number of carbonyl (C=O) groups excluding carboxylic acids is 7. The van der Waals surface area contributed by atoms with Gasteiger partial charge in [-0.2, -0.15) is 17.7 Å². The molecule has 5 amide bonds. The fourth-order valence-electron chi connectivity index (χ4n) is 14.2. The Labute approximate surface area is 942 Å². The summed E-state index contributed by atoms with van der Waals surface area (Å²) in [4.78, 5) is 88.0. The molecule has 5 aromatic carbocycles. The third kappa shape index (κ3) is 51.7. The molecular formula is C99H135Br2Cl5F7I3MgN7O17SiV-. The van der Waals surface area contributed by atoms with E-state index in [4.69, 9.17) is 106 Å². The summed E-state index contributed by atoms with van der Waals surface area (Å²) in [5.74, 6) is 1.19. The zero-order chi connectivity index (χ0) is 106. The number of fused-ring (bicyclic) bond motifs is 2. The van der Waals surface area contributed by atoms with Gasteiger partial charge in [0.05, 0.1) is 31.5 Å². The summed E-state index contributed by atoms with van der Waals surface area (Å²) < 4.78 is 144. The van der Waals surface area contributed by atoms with Crippen LogP contribution in [0.5, 0.6) is 11.5 Å². The molecule has 7 unspecified atom stereocenters. The first kappa shape index (κ1) is 137. The Balaban J connectivity index is 0.000000813. The SMILES string of the molecule is C1CCOC1.CC#N.CC(C)(C)OC(=O)N1CC=C(O[Si](C)(C)C)CC1.CC(C)(C)OC(=O)N1CCC(=O)C(F)C1.CC(C)(C)OC(=O)N1CCC(=O)CC1.CC(C)(C)OC(=O)N1CCC(O)(Cc2cc(Cl)ccc2F)C(F)C1.CC(C)(C)OC(=O)N1CCC2(Cc3cc(Cl)ccc3O2)C(F)C1.FC1CNCCC12Cc1cc(Cl)ccc1O2.Fc1ccc(Cl)cc1CBr.I[I-]I.[Br-].[CH2-]c1cc(Cl)ccc1F.[Mg+2].[V]. The van der Waals surface area contributed by atoms with Crippen LogP contribution in [0.4, 0.5) is 54.7 Å². The van der Waals surface area contributed by atoms with Crippen molar-refractivity contribution in [2.45, 2.75) is 282 Å². The number of ketones is 2. The first-order valence-corrected chi connectivity index (χ1v) is 64.6. The number of piperidine rings is 5. The van der Waals surface area contributed by atoms with E-state index in [1.54, 1.807) is 102 Å². The van der Waals surface area contributed by atoms with Crippen LogP contribution < -0.4 is 45.0 Å². The molecule has 143 heavy (non-hydrogen) atoms. The van der Waals surface area contributed by atoms with Gasteiger partial charge in [-0.05, 0) is 255 Å². The van der Waals surface area contributed by atoms with E-state index in [-0.39, 0.29) is 146 Å². The van der Waals surface area contributed by atoms with Gasteiger partial charge in [0.1, 0.15) is 79.9 Å². The van der Waals surface area contributed by atoms with Crippen LogP contribution in [0.1, 0.15) is 196 Å². The summed E-state index contributed by atoms with van der Waals surface area (Å²) in [7, 11) is -1.54. The number of aliphatic hydroxyl groups is 1. The molecule has 44 heteroatoms. The number of alkyl halides is 5. The molecule has 2 N–H and O–H groups in total. The monoisotopic (exact) mass is 2640 g/mol. The molecule has 0 saturated carbocycles. The number of Topliss-reactive ketones (excluding diaryl/α,β-unsaturated/α-hetero) is 2. The molecule has 24 nitrogen and oxygen atoms in total. The van der Waals surface area contributed by atoms with E-state index < -0.39 is 108 Å². The first-order chi connectivity index (χ1) is 64.9. The van der Waals surface area contributed by atoms with Gasteiger partial charge in [-0.3, -0.25) is 14.0 Å². The van der Waals surface area contributed by atoms with Crippen LogP contribution in [0.15, 0.2) is 103 Å². The summed E-state index contributed by atoms with van der Waals surface area (Å²) >= 11 is 37.3.